The molecule has 6 heteroatoms. The number of hydrogen-bond donors (Lipinski definition) is 2. The monoisotopic (exact) mass is 341 g/mol. The second-order valence-electron chi connectivity index (χ2n) is 5.63. The summed E-state index contributed by atoms with van der Waals surface area (Å²) in [5, 5.41) is 11.2. The molecule has 0 heterocycles. The van der Waals surface area contributed by atoms with Gasteiger partial charge in [0.1, 0.15) is 0 Å². The molecular formula is C16H20ClNO3S. The summed E-state index contributed by atoms with van der Waals surface area (Å²) in [5.74, 6) is 0.0494. The first-order valence-corrected chi connectivity index (χ1v) is 9.02. The summed E-state index contributed by atoms with van der Waals surface area (Å²) in [7, 11) is -3.62. The normalized spacial score (nSPS) is 14.9. The molecule has 0 amide bonds. The van der Waals surface area contributed by atoms with Crippen LogP contribution in [0.2, 0.25) is 5.02 Å². The molecule has 120 valence electrons. The van der Waals surface area contributed by atoms with E-state index >= 15 is 0 Å². The molecule has 4 nitrogen and oxygen atoms in total. The molecule has 0 bridgehead atoms. The van der Waals surface area contributed by atoms with Crippen LogP contribution in [0.25, 0.3) is 10.8 Å². The molecule has 2 rings (SSSR count). The molecule has 0 saturated heterocycles. The lowest BCUT2D eigenvalue weighted by Gasteiger charge is -2.15. The Morgan fingerprint density at radius 3 is 2.41 bits per heavy atom. The molecule has 2 aromatic rings. The van der Waals surface area contributed by atoms with Gasteiger partial charge in [-0.05, 0) is 31.4 Å². The molecule has 2 unspecified atom stereocenters. The average molecular weight is 342 g/mol. The Hall–Kier alpha value is -1.14. The van der Waals surface area contributed by atoms with Crippen LogP contribution in [-0.2, 0) is 10.0 Å². The van der Waals surface area contributed by atoms with Crippen LogP contribution in [0.15, 0.2) is 41.3 Å². The maximum absolute atomic E-state index is 12.5. The van der Waals surface area contributed by atoms with Gasteiger partial charge < -0.3 is 5.11 Å². The first-order valence-electron chi connectivity index (χ1n) is 7.16. The van der Waals surface area contributed by atoms with Crippen molar-refractivity contribution in [2.75, 3.05) is 6.54 Å². The molecule has 2 atom stereocenters. The van der Waals surface area contributed by atoms with Gasteiger partial charge in [-0.1, -0.05) is 42.8 Å². The van der Waals surface area contributed by atoms with Crippen LogP contribution >= 0.6 is 11.6 Å². The molecule has 0 spiro atoms. The van der Waals surface area contributed by atoms with Crippen molar-refractivity contribution < 1.29 is 13.5 Å². The molecule has 0 aliphatic rings. The van der Waals surface area contributed by atoms with Gasteiger partial charge in [0.05, 0.1) is 11.0 Å². The molecule has 0 aliphatic carbocycles. The van der Waals surface area contributed by atoms with Crippen LogP contribution in [0.5, 0.6) is 0 Å². The van der Waals surface area contributed by atoms with Gasteiger partial charge in [0.25, 0.3) is 0 Å². The van der Waals surface area contributed by atoms with Crippen molar-refractivity contribution in [3.8, 4) is 0 Å². The van der Waals surface area contributed by atoms with E-state index in [-0.39, 0.29) is 17.4 Å². The molecule has 2 N–H and O–H groups in total. The number of hydrogen-bond acceptors (Lipinski definition) is 3. The summed E-state index contributed by atoms with van der Waals surface area (Å²) in [6, 6.07) is 10.3. The lowest BCUT2D eigenvalue weighted by Crippen LogP contribution is -2.29. The van der Waals surface area contributed by atoms with Gasteiger partial charge in [-0.2, -0.15) is 0 Å². The smallest absolute Gasteiger partial charge is 0.241 e. The highest BCUT2D eigenvalue weighted by Crippen LogP contribution is 2.29. The lowest BCUT2D eigenvalue weighted by molar-refractivity contribution is 0.165. The highest BCUT2D eigenvalue weighted by molar-refractivity contribution is 7.89. The molecule has 0 saturated carbocycles. The topological polar surface area (TPSA) is 66.4 Å². The van der Waals surface area contributed by atoms with E-state index in [0.29, 0.717) is 22.2 Å². The Kier molecular flexibility index (Phi) is 5.45. The van der Waals surface area contributed by atoms with Crippen molar-refractivity contribution in [1.29, 1.82) is 0 Å². The SMILES string of the molecule is CC(O)CC(C)CNS(=O)(=O)c1ccc(Cl)c2ccccc12. The number of aliphatic hydroxyl groups excluding tert-OH is 1. The molecule has 2 aromatic carbocycles. The van der Waals surface area contributed by atoms with E-state index in [1.165, 1.54) is 6.07 Å². The van der Waals surface area contributed by atoms with Crippen molar-refractivity contribution in [3.05, 3.63) is 41.4 Å². The Labute approximate surface area is 136 Å². The summed E-state index contributed by atoms with van der Waals surface area (Å²) >= 11 is 6.12. The minimum atomic E-state index is -3.62. The van der Waals surface area contributed by atoms with Crippen molar-refractivity contribution in [1.82, 2.24) is 4.72 Å². The fourth-order valence-electron chi connectivity index (χ4n) is 2.46. The quantitative estimate of drug-likeness (QED) is 0.848. The zero-order valence-electron chi connectivity index (χ0n) is 12.6. The number of fused-ring (bicyclic) bond motifs is 1. The number of nitrogens with one attached hydrogen (secondary N) is 1. The van der Waals surface area contributed by atoms with Crippen LogP contribution in [0.1, 0.15) is 20.3 Å². The molecule has 0 fully saturated rings. The fourth-order valence-corrected chi connectivity index (χ4v) is 4.07. The standard InChI is InChI=1S/C16H20ClNO3S/c1-11(9-12(2)19)10-18-22(20,21)16-8-7-15(17)13-5-3-4-6-14(13)16/h3-8,11-12,18-19H,9-10H2,1-2H3. The zero-order valence-corrected chi connectivity index (χ0v) is 14.2. The van der Waals surface area contributed by atoms with Gasteiger partial charge in [-0.3, -0.25) is 0 Å². The first-order chi connectivity index (χ1) is 10.3. The van der Waals surface area contributed by atoms with E-state index in [2.05, 4.69) is 4.72 Å². The van der Waals surface area contributed by atoms with Crippen molar-refractivity contribution in [2.24, 2.45) is 5.92 Å². The van der Waals surface area contributed by atoms with Crippen LogP contribution in [0.3, 0.4) is 0 Å². The third kappa shape index (κ3) is 3.98. The summed E-state index contributed by atoms with van der Waals surface area (Å²) in [6.07, 6.45) is 0.0972. The third-order valence-electron chi connectivity index (χ3n) is 3.49. The van der Waals surface area contributed by atoms with E-state index < -0.39 is 16.1 Å². The number of aliphatic hydroxyl groups is 1. The highest BCUT2D eigenvalue weighted by atomic mass is 35.5. The molecule has 0 radical (unpaired) electrons. The number of rotatable bonds is 6. The minimum Gasteiger partial charge on any atom is -0.393 e. The average Bonchev–Trinajstić information content (AvgIpc) is 2.45. The number of halogens is 1. The lowest BCUT2D eigenvalue weighted by atomic mass is 10.1. The zero-order chi connectivity index (χ0) is 16.3. The number of benzene rings is 2. The Morgan fingerprint density at radius 2 is 1.77 bits per heavy atom. The van der Waals surface area contributed by atoms with Gasteiger partial charge in [0, 0.05) is 22.3 Å². The summed E-state index contributed by atoms with van der Waals surface area (Å²) < 4.78 is 27.7. The number of sulfonamides is 1. The van der Waals surface area contributed by atoms with E-state index in [0.717, 1.165) is 0 Å². The fraction of sp³-hybridized carbons (Fsp3) is 0.375. The predicted octanol–water partition coefficient (Wildman–Crippen LogP) is 3.18. The van der Waals surface area contributed by atoms with Crippen molar-refractivity contribution in [2.45, 2.75) is 31.3 Å². The summed E-state index contributed by atoms with van der Waals surface area (Å²) in [5.41, 5.74) is 0. The third-order valence-corrected chi connectivity index (χ3v) is 5.30. The predicted molar refractivity (Wildman–Crippen MR) is 89.6 cm³/mol. The molecule has 0 aliphatic heterocycles. The Morgan fingerprint density at radius 1 is 1.14 bits per heavy atom. The van der Waals surface area contributed by atoms with Gasteiger partial charge in [-0.15, -0.1) is 0 Å². The Bertz CT molecular complexity index is 759. The van der Waals surface area contributed by atoms with Crippen molar-refractivity contribution in [3.63, 3.8) is 0 Å². The van der Waals surface area contributed by atoms with Gasteiger partial charge in [0.2, 0.25) is 10.0 Å². The molecule has 22 heavy (non-hydrogen) atoms. The van der Waals surface area contributed by atoms with Gasteiger partial charge in [0.15, 0.2) is 0 Å². The van der Waals surface area contributed by atoms with E-state index in [1.54, 1.807) is 31.2 Å². The highest BCUT2D eigenvalue weighted by Gasteiger charge is 2.19. The van der Waals surface area contributed by atoms with E-state index in [9.17, 15) is 13.5 Å². The van der Waals surface area contributed by atoms with Crippen LogP contribution < -0.4 is 4.72 Å². The van der Waals surface area contributed by atoms with E-state index in [1.807, 2.05) is 13.0 Å². The second-order valence-corrected chi connectivity index (χ2v) is 7.78. The Balaban J connectivity index is 2.29. The van der Waals surface area contributed by atoms with E-state index in [4.69, 9.17) is 11.6 Å². The van der Waals surface area contributed by atoms with Gasteiger partial charge >= 0.3 is 0 Å². The first kappa shape index (κ1) is 17.2. The summed E-state index contributed by atoms with van der Waals surface area (Å²) in [6.45, 7) is 3.87. The van der Waals surface area contributed by atoms with Crippen LogP contribution in [0.4, 0.5) is 0 Å². The maximum atomic E-state index is 12.5. The van der Waals surface area contributed by atoms with Crippen LogP contribution in [-0.4, -0.2) is 26.2 Å². The minimum absolute atomic E-state index is 0.0494. The molecular weight excluding hydrogens is 322 g/mol. The molecule has 0 aromatic heterocycles. The largest absolute Gasteiger partial charge is 0.393 e. The second kappa shape index (κ2) is 6.96. The summed E-state index contributed by atoms with van der Waals surface area (Å²) in [4.78, 5) is 0.219. The van der Waals surface area contributed by atoms with Crippen LogP contribution in [0, 0.1) is 5.92 Å². The van der Waals surface area contributed by atoms with Gasteiger partial charge in [-0.25, -0.2) is 13.1 Å². The maximum Gasteiger partial charge on any atom is 0.241 e. The van der Waals surface area contributed by atoms with Crippen molar-refractivity contribution >= 4 is 32.4 Å².